The third kappa shape index (κ3) is 4.83. The number of hydrogen-bond donors (Lipinski definition) is 3. The fourth-order valence-corrected chi connectivity index (χ4v) is 0.398. The van der Waals surface area contributed by atoms with Crippen LogP contribution in [0.25, 0.3) is 0 Å². The SMILES string of the molecule is CN/C=C\C(=N)NC(C)=O. The lowest BCUT2D eigenvalue weighted by atomic mass is 10.5. The molecule has 0 saturated heterocycles. The number of rotatable bonds is 2. The van der Waals surface area contributed by atoms with E-state index in [0.29, 0.717) is 0 Å². The summed E-state index contributed by atoms with van der Waals surface area (Å²) in [6.07, 6.45) is 3.03. The Morgan fingerprint density at radius 1 is 1.60 bits per heavy atom. The molecule has 0 heterocycles. The molecule has 4 nitrogen and oxygen atoms in total. The van der Waals surface area contributed by atoms with Gasteiger partial charge in [0.2, 0.25) is 5.91 Å². The lowest BCUT2D eigenvalue weighted by molar-refractivity contribution is -0.117. The van der Waals surface area contributed by atoms with Crippen molar-refractivity contribution in [2.45, 2.75) is 6.92 Å². The van der Waals surface area contributed by atoms with Crippen molar-refractivity contribution in [3.05, 3.63) is 12.3 Å². The molecule has 1 amide bonds. The fraction of sp³-hybridized carbons (Fsp3) is 0.333. The lowest BCUT2D eigenvalue weighted by Crippen LogP contribution is -2.25. The largest absolute Gasteiger partial charge is 0.394 e. The van der Waals surface area contributed by atoms with Crippen LogP contribution in [0.15, 0.2) is 12.3 Å². The molecule has 56 valence electrons. The van der Waals surface area contributed by atoms with Gasteiger partial charge in [-0.2, -0.15) is 0 Å². The van der Waals surface area contributed by atoms with E-state index in [1.807, 2.05) is 0 Å². The fourth-order valence-electron chi connectivity index (χ4n) is 0.398. The highest BCUT2D eigenvalue weighted by molar-refractivity contribution is 6.01. The highest BCUT2D eigenvalue weighted by atomic mass is 16.1. The number of hydrogen-bond acceptors (Lipinski definition) is 3. The second-order valence-corrected chi connectivity index (χ2v) is 1.72. The predicted molar refractivity (Wildman–Crippen MR) is 39.7 cm³/mol. The Morgan fingerprint density at radius 2 is 2.20 bits per heavy atom. The van der Waals surface area contributed by atoms with Crippen molar-refractivity contribution in [3.8, 4) is 0 Å². The minimum atomic E-state index is -0.231. The van der Waals surface area contributed by atoms with E-state index >= 15 is 0 Å². The van der Waals surface area contributed by atoms with E-state index in [2.05, 4.69) is 10.6 Å². The Labute approximate surface area is 59.8 Å². The summed E-state index contributed by atoms with van der Waals surface area (Å²) >= 11 is 0. The summed E-state index contributed by atoms with van der Waals surface area (Å²) in [4.78, 5) is 10.3. The van der Waals surface area contributed by atoms with Crippen LogP contribution < -0.4 is 10.6 Å². The average Bonchev–Trinajstić information content (AvgIpc) is 1.82. The molecule has 0 atom stereocenters. The van der Waals surface area contributed by atoms with Gasteiger partial charge in [-0.05, 0) is 12.3 Å². The van der Waals surface area contributed by atoms with Gasteiger partial charge in [-0.3, -0.25) is 10.2 Å². The third-order valence-electron chi connectivity index (χ3n) is 0.727. The summed E-state index contributed by atoms with van der Waals surface area (Å²) in [6, 6.07) is 0. The topological polar surface area (TPSA) is 65.0 Å². The van der Waals surface area contributed by atoms with Crippen LogP contribution >= 0.6 is 0 Å². The van der Waals surface area contributed by atoms with Crippen LogP contribution in [0.1, 0.15) is 6.92 Å². The second-order valence-electron chi connectivity index (χ2n) is 1.72. The van der Waals surface area contributed by atoms with E-state index in [1.165, 1.54) is 13.0 Å². The zero-order valence-corrected chi connectivity index (χ0v) is 6.06. The maximum absolute atomic E-state index is 10.3. The molecular formula is C6H11N3O. The van der Waals surface area contributed by atoms with Crippen molar-refractivity contribution in [3.63, 3.8) is 0 Å². The lowest BCUT2D eigenvalue weighted by Gasteiger charge is -1.95. The molecule has 0 saturated carbocycles. The normalized spacial score (nSPS) is 9.40. The summed E-state index contributed by atoms with van der Waals surface area (Å²) in [7, 11) is 1.72. The van der Waals surface area contributed by atoms with E-state index in [-0.39, 0.29) is 11.7 Å². The predicted octanol–water partition coefficient (Wildman–Crippen LogP) is -0.167. The van der Waals surface area contributed by atoms with Gasteiger partial charge < -0.3 is 10.6 Å². The van der Waals surface area contributed by atoms with Crippen LogP contribution in [0.5, 0.6) is 0 Å². The van der Waals surface area contributed by atoms with Crippen LogP contribution in [0.2, 0.25) is 0 Å². The number of nitrogens with one attached hydrogen (secondary N) is 3. The molecule has 0 aromatic heterocycles. The van der Waals surface area contributed by atoms with E-state index in [9.17, 15) is 4.79 Å². The summed E-state index contributed by atoms with van der Waals surface area (Å²) in [5.74, 6) is -0.146. The first kappa shape index (κ1) is 8.68. The Hall–Kier alpha value is -1.32. The third-order valence-corrected chi connectivity index (χ3v) is 0.727. The molecule has 0 bridgehead atoms. The van der Waals surface area contributed by atoms with Gasteiger partial charge in [0.15, 0.2) is 0 Å². The highest BCUT2D eigenvalue weighted by Gasteiger charge is 1.90. The number of amides is 1. The van der Waals surface area contributed by atoms with E-state index in [1.54, 1.807) is 13.2 Å². The Bertz CT molecular complexity index is 162. The molecule has 0 rings (SSSR count). The smallest absolute Gasteiger partial charge is 0.222 e. The molecule has 10 heavy (non-hydrogen) atoms. The molecule has 0 aromatic carbocycles. The molecular weight excluding hydrogens is 130 g/mol. The average molecular weight is 141 g/mol. The van der Waals surface area contributed by atoms with Crippen molar-refractivity contribution >= 4 is 11.7 Å². The first-order valence-corrected chi connectivity index (χ1v) is 2.86. The van der Waals surface area contributed by atoms with Crippen LogP contribution in [0.4, 0.5) is 0 Å². The van der Waals surface area contributed by atoms with Gasteiger partial charge >= 0.3 is 0 Å². The van der Waals surface area contributed by atoms with Crippen LogP contribution in [0, 0.1) is 5.41 Å². The minimum Gasteiger partial charge on any atom is -0.394 e. The van der Waals surface area contributed by atoms with Gasteiger partial charge in [0.1, 0.15) is 5.84 Å². The van der Waals surface area contributed by atoms with Crippen LogP contribution in [-0.2, 0) is 4.79 Å². The molecule has 0 aliphatic carbocycles. The molecule has 0 fully saturated rings. The van der Waals surface area contributed by atoms with Gasteiger partial charge in [0.25, 0.3) is 0 Å². The van der Waals surface area contributed by atoms with Crippen LogP contribution in [0.3, 0.4) is 0 Å². The summed E-state index contributed by atoms with van der Waals surface area (Å²) in [5.41, 5.74) is 0. The van der Waals surface area contributed by atoms with Gasteiger partial charge in [-0.25, -0.2) is 0 Å². The van der Waals surface area contributed by atoms with E-state index in [4.69, 9.17) is 5.41 Å². The van der Waals surface area contributed by atoms with Gasteiger partial charge in [0.05, 0.1) is 0 Å². The number of carbonyl (C=O) groups excluding carboxylic acids is 1. The molecule has 0 unspecified atom stereocenters. The minimum absolute atomic E-state index is 0.0850. The highest BCUT2D eigenvalue weighted by Crippen LogP contribution is 1.70. The molecule has 3 N–H and O–H groups in total. The molecule has 4 heteroatoms. The van der Waals surface area contributed by atoms with Gasteiger partial charge in [0, 0.05) is 14.0 Å². The molecule has 0 radical (unpaired) electrons. The maximum Gasteiger partial charge on any atom is 0.222 e. The first-order chi connectivity index (χ1) is 4.66. The standard InChI is InChI=1S/C6H11N3O/c1-5(10)9-6(7)3-4-8-2/h3-4,8H,1-2H3,(H2,7,9,10)/b4-3-. The van der Waals surface area contributed by atoms with Crippen molar-refractivity contribution in [2.24, 2.45) is 0 Å². The second kappa shape index (κ2) is 4.55. The van der Waals surface area contributed by atoms with Crippen molar-refractivity contribution in [1.82, 2.24) is 10.6 Å². The number of carbonyl (C=O) groups is 1. The zero-order chi connectivity index (χ0) is 7.98. The quantitative estimate of drug-likeness (QED) is 0.369. The molecule has 0 spiro atoms. The summed E-state index contributed by atoms with van der Waals surface area (Å²) in [5, 5.41) is 12.1. The first-order valence-electron chi connectivity index (χ1n) is 2.86. The number of amidine groups is 1. The Balaban J connectivity index is 3.64. The Kier molecular flexibility index (Phi) is 3.95. The monoisotopic (exact) mass is 141 g/mol. The van der Waals surface area contributed by atoms with Crippen molar-refractivity contribution < 1.29 is 4.79 Å². The summed E-state index contributed by atoms with van der Waals surface area (Å²) < 4.78 is 0. The molecule has 0 aromatic rings. The van der Waals surface area contributed by atoms with Crippen LogP contribution in [-0.4, -0.2) is 18.8 Å². The van der Waals surface area contributed by atoms with Crippen molar-refractivity contribution in [1.29, 1.82) is 5.41 Å². The van der Waals surface area contributed by atoms with Crippen molar-refractivity contribution in [2.75, 3.05) is 7.05 Å². The van der Waals surface area contributed by atoms with E-state index in [0.717, 1.165) is 0 Å². The van der Waals surface area contributed by atoms with Gasteiger partial charge in [-0.15, -0.1) is 0 Å². The zero-order valence-electron chi connectivity index (χ0n) is 6.06. The molecule has 0 aliphatic rings. The maximum atomic E-state index is 10.3. The van der Waals surface area contributed by atoms with Gasteiger partial charge in [-0.1, -0.05) is 0 Å². The molecule has 0 aliphatic heterocycles. The summed E-state index contributed by atoms with van der Waals surface area (Å²) in [6.45, 7) is 1.36. The van der Waals surface area contributed by atoms with E-state index < -0.39 is 0 Å². The Morgan fingerprint density at radius 3 is 2.60 bits per heavy atom.